The molecule has 5 nitrogen and oxygen atoms in total. The quantitative estimate of drug-likeness (QED) is 0.820. The van der Waals surface area contributed by atoms with Gasteiger partial charge in [0.1, 0.15) is 0 Å². The molecule has 0 aliphatic rings. The molecule has 1 unspecified atom stereocenters. The molecular weight excluding hydrogens is 304 g/mol. The largest absolute Gasteiger partial charge is 0.479 e. The summed E-state index contributed by atoms with van der Waals surface area (Å²) in [7, 11) is 1.84. The summed E-state index contributed by atoms with van der Waals surface area (Å²) in [4.78, 5) is 25.8. The Morgan fingerprint density at radius 2 is 1.58 bits per heavy atom. The lowest BCUT2D eigenvalue weighted by molar-refractivity contribution is -0.142. The number of hydrogen-bond donors (Lipinski definition) is 2. The zero-order chi connectivity index (χ0) is 17.5. The molecule has 0 bridgehead atoms. The predicted octanol–water partition coefficient (Wildman–Crippen LogP) is 2.45. The normalized spacial score (nSPS) is 13.3. The number of carbonyl (C=O) groups excluding carboxylic acids is 1. The van der Waals surface area contributed by atoms with Gasteiger partial charge in [-0.05, 0) is 25.1 Å². The Balaban J connectivity index is 2.02. The maximum absolute atomic E-state index is 12.4. The summed E-state index contributed by atoms with van der Waals surface area (Å²) >= 11 is 0. The average molecular weight is 326 g/mol. The summed E-state index contributed by atoms with van der Waals surface area (Å²) < 4.78 is 0. The molecule has 2 aromatic rings. The van der Waals surface area contributed by atoms with E-state index in [2.05, 4.69) is 5.32 Å². The minimum absolute atomic E-state index is 0.315. The van der Waals surface area contributed by atoms with Crippen LogP contribution in [0.15, 0.2) is 60.7 Å². The van der Waals surface area contributed by atoms with Gasteiger partial charge in [0.25, 0.3) is 0 Å². The van der Waals surface area contributed by atoms with Crippen LogP contribution < -0.4 is 5.32 Å². The smallest absolute Gasteiger partial charge is 0.330 e. The Labute approximate surface area is 141 Å². The second kappa shape index (κ2) is 8.26. The third-order valence-electron chi connectivity index (χ3n) is 3.98. The van der Waals surface area contributed by atoms with Crippen LogP contribution in [0.5, 0.6) is 0 Å². The number of carboxylic acids is 1. The van der Waals surface area contributed by atoms with Gasteiger partial charge in [-0.1, -0.05) is 60.7 Å². The third-order valence-corrected chi connectivity index (χ3v) is 3.98. The van der Waals surface area contributed by atoms with Crippen molar-refractivity contribution in [2.75, 3.05) is 7.05 Å². The number of nitrogens with one attached hydrogen (secondary N) is 1. The molecule has 2 atom stereocenters. The van der Waals surface area contributed by atoms with E-state index in [-0.39, 0.29) is 5.91 Å². The Hall–Kier alpha value is -2.66. The maximum Gasteiger partial charge on any atom is 0.330 e. The Morgan fingerprint density at radius 3 is 2.12 bits per heavy atom. The van der Waals surface area contributed by atoms with Crippen molar-refractivity contribution < 1.29 is 14.7 Å². The van der Waals surface area contributed by atoms with E-state index in [0.717, 1.165) is 5.56 Å². The van der Waals surface area contributed by atoms with Gasteiger partial charge in [0.05, 0.1) is 6.04 Å². The topological polar surface area (TPSA) is 69.6 Å². The van der Waals surface area contributed by atoms with E-state index in [4.69, 9.17) is 0 Å². The second-order valence-corrected chi connectivity index (χ2v) is 5.77. The molecule has 2 aromatic carbocycles. The molecule has 0 saturated carbocycles. The molecule has 2 rings (SSSR count). The molecule has 5 heteroatoms. The van der Waals surface area contributed by atoms with Crippen molar-refractivity contribution in [1.82, 2.24) is 10.2 Å². The lowest BCUT2D eigenvalue weighted by Crippen LogP contribution is -2.45. The predicted molar refractivity (Wildman–Crippen MR) is 92.3 cm³/mol. The van der Waals surface area contributed by atoms with Gasteiger partial charge in [-0.3, -0.25) is 9.69 Å². The zero-order valence-corrected chi connectivity index (χ0v) is 13.8. The van der Waals surface area contributed by atoms with E-state index in [0.29, 0.717) is 12.1 Å². The molecule has 0 aliphatic carbocycles. The first-order valence-corrected chi connectivity index (χ1v) is 7.81. The fourth-order valence-corrected chi connectivity index (χ4v) is 2.40. The minimum atomic E-state index is -1.08. The number of carboxylic acid groups (broad SMARTS) is 1. The molecular formula is C19H22N2O3. The summed E-state index contributed by atoms with van der Waals surface area (Å²) in [6.45, 7) is 2.38. The highest BCUT2D eigenvalue weighted by Crippen LogP contribution is 2.14. The number of aliphatic carboxylic acids is 1. The van der Waals surface area contributed by atoms with Gasteiger partial charge in [0.15, 0.2) is 6.04 Å². The number of carbonyl (C=O) groups is 2. The summed E-state index contributed by atoms with van der Waals surface area (Å²) in [5, 5.41) is 12.0. The lowest BCUT2D eigenvalue weighted by atomic mass is 10.1. The maximum atomic E-state index is 12.4. The van der Waals surface area contributed by atoms with Gasteiger partial charge in [-0.2, -0.15) is 0 Å². The highest BCUT2D eigenvalue weighted by molar-refractivity contribution is 5.87. The molecule has 0 spiro atoms. The molecule has 2 N–H and O–H groups in total. The van der Waals surface area contributed by atoms with E-state index in [1.807, 2.05) is 42.3 Å². The van der Waals surface area contributed by atoms with Gasteiger partial charge in [0, 0.05) is 6.54 Å². The van der Waals surface area contributed by atoms with Crippen LogP contribution in [0.2, 0.25) is 0 Å². The summed E-state index contributed by atoms with van der Waals surface area (Å²) in [5.74, 6) is -1.39. The first-order valence-electron chi connectivity index (χ1n) is 7.81. The van der Waals surface area contributed by atoms with Gasteiger partial charge in [0.2, 0.25) is 5.91 Å². The van der Waals surface area contributed by atoms with Crippen LogP contribution in [0, 0.1) is 0 Å². The zero-order valence-electron chi connectivity index (χ0n) is 13.8. The SMILES string of the molecule is CC(C(=O)N[C@@H](C(=O)O)c1ccccc1)N(C)Cc1ccccc1. The van der Waals surface area contributed by atoms with Crippen LogP contribution in [-0.4, -0.2) is 35.0 Å². The molecule has 126 valence electrons. The van der Waals surface area contributed by atoms with Crippen LogP contribution in [0.25, 0.3) is 0 Å². The fraction of sp³-hybridized carbons (Fsp3) is 0.263. The standard InChI is InChI=1S/C19H22N2O3/c1-14(21(2)13-15-9-5-3-6-10-15)18(22)20-17(19(23)24)16-11-7-4-8-12-16/h3-12,14,17H,13H2,1-2H3,(H,20,22)(H,23,24)/t14?,17-/m1/s1. The van der Waals surface area contributed by atoms with Gasteiger partial charge in [-0.15, -0.1) is 0 Å². The first kappa shape index (κ1) is 17.7. The van der Waals surface area contributed by atoms with Crippen molar-refractivity contribution in [1.29, 1.82) is 0 Å². The number of likely N-dealkylation sites (N-methyl/N-ethyl adjacent to an activating group) is 1. The highest BCUT2D eigenvalue weighted by atomic mass is 16.4. The van der Waals surface area contributed by atoms with Gasteiger partial charge in [-0.25, -0.2) is 4.79 Å². The Bertz CT molecular complexity index is 674. The molecule has 0 aliphatic heterocycles. The van der Waals surface area contributed by atoms with E-state index < -0.39 is 18.1 Å². The monoisotopic (exact) mass is 326 g/mol. The van der Waals surface area contributed by atoms with Gasteiger partial charge >= 0.3 is 5.97 Å². The fourth-order valence-electron chi connectivity index (χ4n) is 2.40. The molecule has 0 fully saturated rings. The number of hydrogen-bond acceptors (Lipinski definition) is 3. The summed E-state index contributed by atoms with van der Waals surface area (Å²) in [5.41, 5.74) is 1.65. The first-order chi connectivity index (χ1) is 11.5. The van der Waals surface area contributed by atoms with E-state index >= 15 is 0 Å². The van der Waals surface area contributed by atoms with E-state index in [1.165, 1.54) is 0 Å². The Kier molecular flexibility index (Phi) is 6.09. The van der Waals surface area contributed by atoms with Crippen molar-refractivity contribution in [2.24, 2.45) is 0 Å². The number of benzene rings is 2. The lowest BCUT2D eigenvalue weighted by Gasteiger charge is -2.25. The van der Waals surface area contributed by atoms with Crippen molar-refractivity contribution in [3.05, 3.63) is 71.8 Å². The highest BCUT2D eigenvalue weighted by Gasteiger charge is 2.26. The van der Waals surface area contributed by atoms with E-state index in [9.17, 15) is 14.7 Å². The molecule has 0 saturated heterocycles. The van der Waals surface area contributed by atoms with Gasteiger partial charge < -0.3 is 10.4 Å². The number of amides is 1. The summed E-state index contributed by atoms with van der Waals surface area (Å²) in [6, 6.07) is 17.0. The van der Waals surface area contributed by atoms with E-state index in [1.54, 1.807) is 37.3 Å². The molecule has 1 amide bonds. The molecule has 0 aromatic heterocycles. The molecule has 24 heavy (non-hydrogen) atoms. The summed E-state index contributed by atoms with van der Waals surface area (Å²) in [6.07, 6.45) is 0. The van der Waals surface area contributed by atoms with Crippen LogP contribution in [-0.2, 0) is 16.1 Å². The minimum Gasteiger partial charge on any atom is -0.479 e. The van der Waals surface area contributed by atoms with Crippen molar-refractivity contribution in [2.45, 2.75) is 25.6 Å². The number of nitrogens with zero attached hydrogens (tertiary/aromatic N) is 1. The van der Waals surface area contributed by atoms with Crippen molar-refractivity contribution in [3.63, 3.8) is 0 Å². The van der Waals surface area contributed by atoms with Crippen LogP contribution >= 0.6 is 0 Å². The van der Waals surface area contributed by atoms with Crippen LogP contribution in [0.1, 0.15) is 24.1 Å². The molecule has 0 heterocycles. The second-order valence-electron chi connectivity index (χ2n) is 5.77. The average Bonchev–Trinajstić information content (AvgIpc) is 2.60. The third kappa shape index (κ3) is 4.67. The van der Waals surface area contributed by atoms with Crippen molar-refractivity contribution >= 4 is 11.9 Å². The van der Waals surface area contributed by atoms with Crippen molar-refractivity contribution in [3.8, 4) is 0 Å². The Morgan fingerprint density at radius 1 is 1.04 bits per heavy atom. The van der Waals surface area contributed by atoms with Crippen LogP contribution in [0.3, 0.4) is 0 Å². The molecule has 0 radical (unpaired) electrons. The number of rotatable bonds is 7. The van der Waals surface area contributed by atoms with Crippen LogP contribution in [0.4, 0.5) is 0 Å².